The van der Waals surface area contributed by atoms with Gasteiger partial charge in [-0.2, -0.15) is 0 Å². The number of benzene rings is 3. The number of thioether (sulfide) groups is 1. The van der Waals surface area contributed by atoms with Gasteiger partial charge in [-0.3, -0.25) is 24.3 Å². The molecule has 210 valence electrons. The van der Waals surface area contributed by atoms with E-state index in [0.717, 1.165) is 35.3 Å². The zero-order valence-electron chi connectivity index (χ0n) is 23.1. The van der Waals surface area contributed by atoms with Crippen LogP contribution >= 0.6 is 11.8 Å². The van der Waals surface area contributed by atoms with Crippen molar-refractivity contribution in [2.24, 2.45) is 0 Å². The van der Waals surface area contributed by atoms with Gasteiger partial charge in [-0.25, -0.2) is 0 Å². The fourth-order valence-corrected chi connectivity index (χ4v) is 5.89. The molecule has 0 saturated heterocycles. The Kier molecular flexibility index (Phi) is 8.16. The molecule has 1 aliphatic heterocycles. The first-order valence-corrected chi connectivity index (χ1v) is 14.3. The monoisotopic (exact) mass is 570 g/mol. The maximum atomic E-state index is 13.3. The highest BCUT2D eigenvalue weighted by atomic mass is 32.2. The third kappa shape index (κ3) is 5.71. The number of para-hydroxylation sites is 1. The van der Waals surface area contributed by atoms with E-state index >= 15 is 0 Å². The van der Waals surface area contributed by atoms with Gasteiger partial charge in [0.1, 0.15) is 0 Å². The van der Waals surface area contributed by atoms with Gasteiger partial charge in [0.05, 0.1) is 22.9 Å². The molecule has 0 bridgehead atoms. The van der Waals surface area contributed by atoms with Crippen LogP contribution in [0.25, 0.3) is 5.69 Å². The van der Waals surface area contributed by atoms with E-state index in [0.29, 0.717) is 23.1 Å². The smallest absolute Gasteiger partial charge is 0.273 e. The van der Waals surface area contributed by atoms with Gasteiger partial charge >= 0.3 is 0 Å². The molecule has 3 aromatic carbocycles. The quantitative estimate of drug-likeness (QED) is 0.178. The van der Waals surface area contributed by atoms with Crippen LogP contribution < -0.4 is 10.2 Å². The highest BCUT2D eigenvalue weighted by Gasteiger charge is 2.25. The summed E-state index contributed by atoms with van der Waals surface area (Å²) < 4.78 is 1.87. The van der Waals surface area contributed by atoms with Gasteiger partial charge in [0, 0.05) is 29.4 Å². The molecule has 11 heteroatoms. The van der Waals surface area contributed by atoms with E-state index < -0.39 is 10.8 Å². The van der Waals surface area contributed by atoms with E-state index in [-0.39, 0.29) is 29.5 Å². The summed E-state index contributed by atoms with van der Waals surface area (Å²) in [5.74, 6) is 0.202. The van der Waals surface area contributed by atoms with Crippen molar-refractivity contribution in [1.29, 1.82) is 0 Å². The van der Waals surface area contributed by atoms with Crippen molar-refractivity contribution in [3.05, 3.63) is 104 Å². The van der Waals surface area contributed by atoms with Crippen LogP contribution in [0.1, 0.15) is 44.9 Å². The van der Waals surface area contributed by atoms with Crippen LogP contribution in [0, 0.1) is 30.9 Å². The number of nitrogens with one attached hydrogen (secondary N) is 1. The molecule has 1 N–H and O–H groups in total. The number of aromatic nitrogens is 3. The Morgan fingerprint density at radius 3 is 2.54 bits per heavy atom. The van der Waals surface area contributed by atoms with Crippen molar-refractivity contribution >= 4 is 35.0 Å². The van der Waals surface area contributed by atoms with Crippen molar-refractivity contribution in [3.8, 4) is 5.69 Å². The maximum absolute atomic E-state index is 13.3. The second-order valence-corrected chi connectivity index (χ2v) is 10.9. The van der Waals surface area contributed by atoms with Crippen LogP contribution in [0.3, 0.4) is 0 Å². The van der Waals surface area contributed by atoms with Crippen molar-refractivity contribution in [1.82, 2.24) is 20.1 Å². The molecule has 5 rings (SSSR count). The van der Waals surface area contributed by atoms with Crippen LogP contribution in [-0.4, -0.2) is 43.8 Å². The lowest BCUT2D eigenvalue weighted by Crippen LogP contribution is -2.36. The van der Waals surface area contributed by atoms with Crippen molar-refractivity contribution in [2.75, 3.05) is 17.2 Å². The van der Waals surface area contributed by atoms with Gasteiger partial charge in [-0.05, 0) is 68.5 Å². The minimum atomic E-state index is -0.503. The molecule has 1 aliphatic rings. The van der Waals surface area contributed by atoms with E-state index in [1.807, 2.05) is 59.7 Å². The van der Waals surface area contributed by atoms with Gasteiger partial charge in [0.15, 0.2) is 11.0 Å². The second kappa shape index (κ2) is 11.9. The molecular formula is C30H30N6O4S. The summed E-state index contributed by atoms with van der Waals surface area (Å²) in [6.07, 6.45) is 1.87. The highest BCUT2D eigenvalue weighted by molar-refractivity contribution is 7.99. The molecule has 0 atom stereocenters. The fourth-order valence-electron chi connectivity index (χ4n) is 5.05. The minimum absolute atomic E-state index is 0.00587. The van der Waals surface area contributed by atoms with E-state index in [1.54, 1.807) is 13.0 Å². The number of fused-ring (bicyclic) bond motifs is 1. The number of aryl methyl sites for hydroxylation is 2. The zero-order valence-corrected chi connectivity index (χ0v) is 23.9. The number of amides is 2. The van der Waals surface area contributed by atoms with E-state index in [4.69, 9.17) is 0 Å². The Bertz CT molecular complexity index is 1650. The lowest BCUT2D eigenvalue weighted by molar-refractivity contribution is -0.385. The van der Waals surface area contributed by atoms with Crippen LogP contribution in [0.15, 0.2) is 65.8 Å². The second-order valence-electron chi connectivity index (χ2n) is 9.91. The largest absolute Gasteiger partial charge is 0.345 e. The highest BCUT2D eigenvalue weighted by Crippen LogP contribution is 2.30. The molecule has 0 aliphatic carbocycles. The predicted octanol–water partition coefficient (Wildman–Crippen LogP) is 5.10. The number of carbonyl (C=O) groups is 2. The number of rotatable bonds is 8. The zero-order chi connectivity index (χ0) is 29.1. The van der Waals surface area contributed by atoms with Crippen LogP contribution in [0.5, 0.6) is 0 Å². The van der Waals surface area contributed by atoms with Crippen molar-refractivity contribution < 1.29 is 14.5 Å². The number of nitro groups is 1. The van der Waals surface area contributed by atoms with Gasteiger partial charge in [-0.1, -0.05) is 48.2 Å². The number of nitrogens with zero attached hydrogens (tertiary/aromatic N) is 5. The first-order valence-electron chi connectivity index (χ1n) is 13.3. The molecule has 2 amide bonds. The van der Waals surface area contributed by atoms with Crippen LogP contribution in [0.4, 0.5) is 11.4 Å². The standard InChI is InChI=1S/C30H30N6O4S/c1-19-9-6-14-24(20(19)2)35-27(17-31-29(38)23-12-7-15-25(21(23)3)36(39)40)32-33-30(35)41-18-28(37)34-16-8-11-22-10-4-5-13-26(22)34/h4-7,9-10,12-15H,8,11,16-18H2,1-3H3,(H,31,38). The molecule has 0 fully saturated rings. The first kappa shape index (κ1) is 28.0. The average molecular weight is 571 g/mol. The molecule has 2 heterocycles. The molecule has 41 heavy (non-hydrogen) atoms. The summed E-state index contributed by atoms with van der Waals surface area (Å²) >= 11 is 1.30. The summed E-state index contributed by atoms with van der Waals surface area (Å²) in [6, 6.07) is 18.3. The molecule has 0 saturated carbocycles. The molecular weight excluding hydrogens is 540 g/mol. The van der Waals surface area contributed by atoms with E-state index in [2.05, 4.69) is 21.6 Å². The minimum Gasteiger partial charge on any atom is -0.345 e. The molecule has 1 aromatic heterocycles. The summed E-state index contributed by atoms with van der Waals surface area (Å²) in [5, 5.41) is 23.5. The summed E-state index contributed by atoms with van der Waals surface area (Å²) in [5.41, 5.74) is 5.48. The Morgan fingerprint density at radius 1 is 0.976 bits per heavy atom. The predicted molar refractivity (Wildman–Crippen MR) is 158 cm³/mol. The third-order valence-electron chi connectivity index (χ3n) is 7.41. The van der Waals surface area contributed by atoms with Gasteiger partial charge in [-0.15, -0.1) is 10.2 Å². The van der Waals surface area contributed by atoms with Crippen LogP contribution in [0.2, 0.25) is 0 Å². The third-order valence-corrected chi connectivity index (χ3v) is 8.32. The SMILES string of the molecule is Cc1cccc(-n2c(CNC(=O)c3cccc([N+](=O)[O-])c3C)nnc2SCC(=O)N2CCCc3ccccc32)c1C. The first-order chi connectivity index (χ1) is 19.8. The van der Waals surface area contributed by atoms with Gasteiger partial charge < -0.3 is 10.2 Å². The maximum Gasteiger partial charge on any atom is 0.273 e. The van der Waals surface area contributed by atoms with Gasteiger partial charge in [0.25, 0.3) is 11.6 Å². The molecule has 0 spiro atoms. The number of nitro benzene ring substituents is 1. The fraction of sp³-hybridized carbons (Fsp3) is 0.267. The van der Waals surface area contributed by atoms with Gasteiger partial charge in [0.2, 0.25) is 5.91 Å². The van der Waals surface area contributed by atoms with E-state index in [1.165, 1.54) is 29.5 Å². The molecule has 0 radical (unpaired) electrons. The topological polar surface area (TPSA) is 123 Å². The molecule has 4 aromatic rings. The normalized spacial score (nSPS) is 12.6. The Labute approximate surface area is 241 Å². The number of carbonyl (C=O) groups excluding carboxylic acids is 2. The van der Waals surface area contributed by atoms with Crippen molar-refractivity contribution in [3.63, 3.8) is 0 Å². The van der Waals surface area contributed by atoms with Crippen molar-refractivity contribution in [2.45, 2.75) is 45.3 Å². The lowest BCUT2D eigenvalue weighted by Gasteiger charge is -2.29. The Balaban J connectivity index is 1.40. The average Bonchev–Trinajstić information content (AvgIpc) is 3.38. The summed E-state index contributed by atoms with van der Waals surface area (Å²) in [6.45, 7) is 6.28. The number of anilines is 1. The summed E-state index contributed by atoms with van der Waals surface area (Å²) in [7, 11) is 0. The van der Waals surface area contributed by atoms with E-state index in [9.17, 15) is 19.7 Å². The summed E-state index contributed by atoms with van der Waals surface area (Å²) in [4.78, 5) is 39.0. The number of hydrogen-bond acceptors (Lipinski definition) is 7. The molecule has 10 nitrogen and oxygen atoms in total. The lowest BCUT2D eigenvalue weighted by atomic mass is 10.0. The molecule has 0 unspecified atom stereocenters. The number of hydrogen-bond donors (Lipinski definition) is 1. The van der Waals surface area contributed by atoms with Crippen LogP contribution in [-0.2, 0) is 17.8 Å². The Morgan fingerprint density at radius 2 is 1.73 bits per heavy atom. The Hall–Kier alpha value is -4.51.